The number of carbonyl (C=O) groups is 1. The number of rotatable bonds is 3. The van der Waals surface area contributed by atoms with Crippen LogP contribution < -0.4 is 5.32 Å². The first-order valence-electron chi connectivity index (χ1n) is 6.08. The van der Waals surface area contributed by atoms with Crippen molar-refractivity contribution in [3.63, 3.8) is 0 Å². The Labute approximate surface area is 133 Å². The van der Waals surface area contributed by atoms with Gasteiger partial charge in [0.15, 0.2) is 0 Å². The maximum Gasteiger partial charge on any atom is 0.262 e. The summed E-state index contributed by atoms with van der Waals surface area (Å²) >= 11 is 5.63. The number of halogens is 3. The lowest BCUT2D eigenvalue weighted by Crippen LogP contribution is -2.41. The third-order valence-electron chi connectivity index (χ3n) is 3.18. The largest absolute Gasteiger partial charge is 0.349 e. The molecule has 0 aliphatic carbocycles. The molecule has 0 heterocycles. The van der Waals surface area contributed by atoms with E-state index in [-0.39, 0.29) is 16.5 Å². The van der Waals surface area contributed by atoms with Crippen LogP contribution in [0.3, 0.4) is 0 Å². The van der Waals surface area contributed by atoms with Crippen LogP contribution >= 0.6 is 22.3 Å². The van der Waals surface area contributed by atoms with Crippen molar-refractivity contribution in [1.29, 1.82) is 0 Å². The molecule has 4 nitrogen and oxygen atoms in total. The van der Waals surface area contributed by atoms with E-state index in [0.29, 0.717) is 0 Å². The van der Waals surface area contributed by atoms with Crippen LogP contribution in [-0.2, 0) is 9.05 Å². The van der Waals surface area contributed by atoms with Crippen molar-refractivity contribution in [2.24, 2.45) is 5.41 Å². The summed E-state index contributed by atoms with van der Waals surface area (Å²) in [5, 5.41) is 2.24. The Morgan fingerprint density at radius 1 is 1.33 bits per heavy atom. The quantitative estimate of drug-likeness (QED) is 0.843. The zero-order valence-corrected chi connectivity index (χ0v) is 14.3. The van der Waals surface area contributed by atoms with Gasteiger partial charge in [0, 0.05) is 16.7 Å². The molecule has 1 amide bonds. The normalized spacial score (nSPS) is 13.9. The van der Waals surface area contributed by atoms with Crippen molar-refractivity contribution in [1.82, 2.24) is 5.32 Å². The third kappa shape index (κ3) is 4.56. The zero-order chi connectivity index (χ0) is 16.6. The van der Waals surface area contributed by atoms with Crippen molar-refractivity contribution in [2.45, 2.75) is 38.6 Å². The highest BCUT2D eigenvalue weighted by Gasteiger charge is 2.25. The molecule has 1 N–H and O–H groups in total. The number of carbonyl (C=O) groups excluding carboxylic acids is 1. The summed E-state index contributed by atoms with van der Waals surface area (Å²) in [6.45, 7) is 7.49. The summed E-state index contributed by atoms with van der Waals surface area (Å²) in [6, 6.07) is 1.34. The van der Waals surface area contributed by atoms with Gasteiger partial charge in [-0.15, -0.1) is 0 Å². The highest BCUT2D eigenvalue weighted by atomic mass is 35.7. The standard InChI is InChI=1S/C13H16Cl2FNO3S/c1-7(13(2,3)4)17-12(18)8-5-11(21(15,19)20)9(14)6-10(8)16/h5-7H,1-4H3,(H,17,18). The van der Waals surface area contributed by atoms with E-state index in [1.165, 1.54) is 0 Å². The van der Waals surface area contributed by atoms with E-state index in [1.54, 1.807) is 6.92 Å². The molecular formula is C13H16Cl2FNO3S. The summed E-state index contributed by atoms with van der Waals surface area (Å²) < 4.78 is 36.5. The molecule has 0 radical (unpaired) electrons. The zero-order valence-electron chi connectivity index (χ0n) is 12.0. The molecule has 0 saturated carbocycles. The predicted molar refractivity (Wildman–Crippen MR) is 80.8 cm³/mol. The number of benzene rings is 1. The smallest absolute Gasteiger partial charge is 0.262 e. The average Bonchev–Trinajstić information content (AvgIpc) is 2.25. The SMILES string of the molecule is CC(NC(=O)c1cc(S(=O)(=O)Cl)c(Cl)cc1F)C(C)(C)C. The molecule has 0 saturated heterocycles. The number of hydrogen-bond donors (Lipinski definition) is 1. The monoisotopic (exact) mass is 355 g/mol. The number of nitrogens with one attached hydrogen (secondary N) is 1. The second-order valence-electron chi connectivity index (χ2n) is 5.76. The Morgan fingerprint density at radius 3 is 2.29 bits per heavy atom. The highest BCUT2D eigenvalue weighted by Crippen LogP contribution is 2.28. The Kier molecular flexibility index (Phi) is 5.29. The lowest BCUT2D eigenvalue weighted by atomic mass is 9.88. The van der Waals surface area contributed by atoms with E-state index in [2.05, 4.69) is 5.32 Å². The van der Waals surface area contributed by atoms with Crippen LogP contribution in [0.25, 0.3) is 0 Å². The van der Waals surface area contributed by atoms with E-state index in [4.69, 9.17) is 22.3 Å². The van der Waals surface area contributed by atoms with Crippen LogP contribution in [0.4, 0.5) is 4.39 Å². The van der Waals surface area contributed by atoms with Gasteiger partial charge >= 0.3 is 0 Å². The summed E-state index contributed by atoms with van der Waals surface area (Å²) in [5.41, 5.74) is -0.658. The molecule has 21 heavy (non-hydrogen) atoms. The second kappa shape index (κ2) is 6.10. The molecule has 1 rings (SSSR count). The van der Waals surface area contributed by atoms with Crippen molar-refractivity contribution in [3.05, 3.63) is 28.5 Å². The van der Waals surface area contributed by atoms with Gasteiger partial charge in [0.2, 0.25) is 0 Å². The summed E-state index contributed by atoms with van der Waals surface area (Å²) in [5.74, 6) is -1.64. The first-order valence-corrected chi connectivity index (χ1v) is 8.77. The van der Waals surface area contributed by atoms with Crippen LogP contribution in [-0.4, -0.2) is 20.4 Å². The van der Waals surface area contributed by atoms with Gasteiger partial charge in [0.25, 0.3) is 15.0 Å². The minimum absolute atomic E-state index is 0.236. The fraction of sp³-hybridized carbons (Fsp3) is 0.462. The fourth-order valence-electron chi connectivity index (χ4n) is 1.38. The Hall–Kier alpha value is -0.850. The van der Waals surface area contributed by atoms with Crippen molar-refractivity contribution in [2.75, 3.05) is 0 Å². The summed E-state index contributed by atoms with van der Waals surface area (Å²) in [6.07, 6.45) is 0. The molecule has 1 aromatic rings. The number of hydrogen-bond acceptors (Lipinski definition) is 3. The van der Waals surface area contributed by atoms with Crippen LogP contribution in [0.5, 0.6) is 0 Å². The lowest BCUT2D eigenvalue weighted by molar-refractivity contribution is 0.0905. The average molecular weight is 356 g/mol. The molecule has 0 fully saturated rings. The molecule has 118 valence electrons. The van der Waals surface area contributed by atoms with E-state index in [0.717, 1.165) is 12.1 Å². The predicted octanol–water partition coefficient (Wildman–Crippen LogP) is 3.57. The van der Waals surface area contributed by atoms with Gasteiger partial charge in [-0.25, -0.2) is 12.8 Å². The van der Waals surface area contributed by atoms with Crippen LogP contribution in [0.1, 0.15) is 38.1 Å². The van der Waals surface area contributed by atoms with Gasteiger partial charge in [-0.1, -0.05) is 32.4 Å². The van der Waals surface area contributed by atoms with E-state index >= 15 is 0 Å². The Balaban J connectivity index is 3.23. The maximum absolute atomic E-state index is 13.8. The maximum atomic E-state index is 13.8. The third-order valence-corrected chi connectivity index (χ3v) is 4.96. The molecule has 1 aromatic carbocycles. The molecule has 0 bridgehead atoms. The van der Waals surface area contributed by atoms with Gasteiger partial charge in [-0.3, -0.25) is 4.79 Å². The molecule has 0 aliphatic rings. The molecule has 0 aliphatic heterocycles. The molecule has 1 unspecified atom stereocenters. The lowest BCUT2D eigenvalue weighted by Gasteiger charge is -2.28. The highest BCUT2D eigenvalue weighted by molar-refractivity contribution is 8.13. The van der Waals surface area contributed by atoms with Crippen LogP contribution in [0.15, 0.2) is 17.0 Å². The van der Waals surface area contributed by atoms with Gasteiger partial charge in [0.05, 0.1) is 10.6 Å². The first-order chi connectivity index (χ1) is 9.34. The first kappa shape index (κ1) is 18.2. The molecular weight excluding hydrogens is 340 g/mol. The summed E-state index contributed by atoms with van der Waals surface area (Å²) in [7, 11) is 1.04. The minimum atomic E-state index is -4.17. The van der Waals surface area contributed by atoms with E-state index in [1.807, 2.05) is 20.8 Å². The van der Waals surface area contributed by atoms with E-state index in [9.17, 15) is 17.6 Å². The summed E-state index contributed by atoms with van der Waals surface area (Å²) in [4.78, 5) is 11.6. The molecule has 0 spiro atoms. The van der Waals surface area contributed by atoms with Crippen LogP contribution in [0, 0.1) is 11.2 Å². The van der Waals surface area contributed by atoms with Crippen LogP contribution in [0.2, 0.25) is 5.02 Å². The Bertz CT molecular complexity index is 669. The van der Waals surface area contributed by atoms with E-state index < -0.39 is 31.2 Å². The second-order valence-corrected chi connectivity index (χ2v) is 8.70. The molecule has 8 heteroatoms. The van der Waals surface area contributed by atoms with Crippen molar-refractivity contribution >= 4 is 37.2 Å². The van der Waals surface area contributed by atoms with Gasteiger partial charge in [0.1, 0.15) is 10.7 Å². The molecule has 1 atom stereocenters. The molecule has 0 aromatic heterocycles. The topological polar surface area (TPSA) is 63.2 Å². The van der Waals surface area contributed by atoms with Gasteiger partial charge in [-0.2, -0.15) is 0 Å². The minimum Gasteiger partial charge on any atom is -0.349 e. The number of amides is 1. The van der Waals surface area contributed by atoms with Crippen molar-refractivity contribution in [3.8, 4) is 0 Å². The Morgan fingerprint density at radius 2 is 1.86 bits per heavy atom. The van der Waals surface area contributed by atoms with Gasteiger partial charge in [-0.05, 0) is 24.5 Å². The fourth-order valence-corrected chi connectivity index (χ4v) is 2.89. The van der Waals surface area contributed by atoms with Crippen molar-refractivity contribution < 1.29 is 17.6 Å². The van der Waals surface area contributed by atoms with Gasteiger partial charge < -0.3 is 5.32 Å².